The normalized spacial score (nSPS) is 17.5. The highest BCUT2D eigenvalue weighted by molar-refractivity contribution is 5.96. The molecular formula is C30H40N2O2. The van der Waals surface area contributed by atoms with E-state index in [4.69, 9.17) is 9.72 Å². The summed E-state index contributed by atoms with van der Waals surface area (Å²) in [5.74, 6) is 0.101. The Bertz CT molecular complexity index is 1180. The van der Waals surface area contributed by atoms with Crippen LogP contribution in [0, 0.1) is 0 Å². The van der Waals surface area contributed by atoms with Gasteiger partial charge >= 0.3 is 0 Å². The SMILES string of the molecule is C=C1CCC(C(C)=O)=C(/C=C(\C)c2nc3ccc(NC(C)(C)C)cc3c(CC)c2CC)C1OC. The van der Waals surface area contributed by atoms with Crippen molar-refractivity contribution in [2.75, 3.05) is 12.4 Å². The Morgan fingerprint density at radius 3 is 2.41 bits per heavy atom. The Balaban J connectivity index is 2.21. The van der Waals surface area contributed by atoms with Crippen LogP contribution < -0.4 is 5.32 Å². The number of hydrogen-bond acceptors (Lipinski definition) is 4. The summed E-state index contributed by atoms with van der Waals surface area (Å²) in [6.45, 7) is 18.9. The van der Waals surface area contributed by atoms with E-state index in [9.17, 15) is 4.79 Å². The van der Waals surface area contributed by atoms with Crippen molar-refractivity contribution >= 4 is 27.9 Å². The average molecular weight is 461 g/mol. The van der Waals surface area contributed by atoms with Crippen LogP contribution in [0.1, 0.15) is 78.1 Å². The Morgan fingerprint density at radius 1 is 1.18 bits per heavy atom. The summed E-state index contributed by atoms with van der Waals surface area (Å²) in [6, 6.07) is 6.45. The summed E-state index contributed by atoms with van der Waals surface area (Å²) in [4.78, 5) is 17.6. The van der Waals surface area contributed by atoms with E-state index >= 15 is 0 Å². The number of nitrogens with one attached hydrogen (secondary N) is 1. The first-order valence-corrected chi connectivity index (χ1v) is 12.4. The van der Waals surface area contributed by atoms with Gasteiger partial charge in [0.1, 0.15) is 6.10 Å². The van der Waals surface area contributed by atoms with Gasteiger partial charge in [0.2, 0.25) is 0 Å². The van der Waals surface area contributed by atoms with Crippen LogP contribution in [-0.2, 0) is 22.4 Å². The minimum absolute atomic E-state index is 0.00955. The highest BCUT2D eigenvalue weighted by atomic mass is 16.5. The smallest absolute Gasteiger partial charge is 0.156 e. The van der Waals surface area contributed by atoms with E-state index in [1.165, 1.54) is 16.5 Å². The molecule has 0 bridgehead atoms. The topological polar surface area (TPSA) is 51.2 Å². The molecule has 3 rings (SSSR count). The molecule has 0 radical (unpaired) electrons. The zero-order valence-corrected chi connectivity index (χ0v) is 22.2. The van der Waals surface area contributed by atoms with E-state index in [1.54, 1.807) is 14.0 Å². The van der Waals surface area contributed by atoms with Gasteiger partial charge in [-0.05, 0) is 106 Å². The number of hydrogen-bond donors (Lipinski definition) is 1. The van der Waals surface area contributed by atoms with Gasteiger partial charge in [0.25, 0.3) is 0 Å². The molecule has 4 heteroatoms. The molecule has 0 aliphatic heterocycles. The molecule has 1 aliphatic carbocycles. The largest absolute Gasteiger partial charge is 0.380 e. The van der Waals surface area contributed by atoms with Crippen LogP contribution in [0.25, 0.3) is 16.5 Å². The van der Waals surface area contributed by atoms with E-state index in [0.717, 1.165) is 58.5 Å². The number of ether oxygens (including phenoxy) is 1. The second kappa shape index (κ2) is 10.3. The number of rotatable bonds is 7. The molecule has 1 aliphatic rings. The summed E-state index contributed by atoms with van der Waals surface area (Å²) >= 11 is 0. The lowest BCUT2D eigenvalue weighted by Gasteiger charge is -2.28. The van der Waals surface area contributed by atoms with Gasteiger partial charge in [0.05, 0.1) is 11.2 Å². The minimum Gasteiger partial charge on any atom is -0.380 e. The van der Waals surface area contributed by atoms with Crippen LogP contribution in [0.4, 0.5) is 5.69 Å². The number of fused-ring (bicyclic) bond motifs is 1. The van der Waals surface area contributed by atoms with E-state index in [2.05, 4.69) is 77.7 Å². The van der Waals surface area contributed by atoms with Crippen molar-refractivity contribution in [1.29, 1.82) is 0 Å². The van der Waals surface area contributed by atoms with E-state index < -0.39 is 0 Å². The summed E-state index contributed by atoms with van der Waals surface area (Å²) in [5, 5.41) is 4.79. The van der Waals surface area contributed by atoms with Crippen molar-refractivity contribution in [2.24, 2.45) is 0 Å². The van der Waals surface area contributed by atoms with Crippen LogP contribution >= 0.6 is 0 Å². The van der Waals surface area contributed by atoms with Crippen molar-refractivity contribution in [3.05, 3.63) is 64.4 Å². The van der Waals surface area contributed by atoms with Gasteiger partial charge in [-0.15, -0.1) is 0 Å². The predicted molar refractivity (Wildman–Crippen MR) is 144 cm³/mol. The minimum atomic E-state index is -0.259. The quantitative estimate of drug-likeness (QED) is 0.443. The van der Waals surface area contributed by atoms with Gasteiger partial charge in [-0.3, -0.25) is 4.79 Å². The molecule has 0 saturated heterocycles. The third kappa shape index (κ3) is 5.33. The molecular weight excluding hydrogens is 420 g/mol. The number of allylic oxidation sites excluding steroid dienone is 2. The standard InChI is InChI=1S/C30H40N2O2/c1-10-22-23(11-2)28(31-27-15-13-21(17-25(22)27)32-30(6,7)8)19(4)16-26-24(20(5)33)14-12-18(3)29(26)34-9/h13,15-17,29,32H,3,10-12,14H2,1-2,4-9H3/b19-16+. The third-order valence-corrected chi connectivity index (χ3v) is 6.53. The number of pyridine rings is 1. The molecule has 0 saturated carbocycles. The van der Waals surface area contributed by atoms with Crippen molar-refractivity contribution < 1.29 is 9.53 Å². The number of carbonyl (C=O) groups excluding carboxylic acids is 1. The number of anilines is 1. The monoisotopic (exact) mass is 460 g/mol. The van der Waals surface area contributed by atoms with Gasteiger partial charge in [-0.1, -0.05) is 26.5 Å². The summed E-state index contributed by atoms with van der Waals surface area (Å²) in [5.41, 5.74) is 9.54. The molecule has 1 N–H and O–H groups in total. The predicted octanol–water partition coefficient (Wildman–Crippen LogP) is 7.22. The van der Waals surface area contributed by atoms with Crippen LogP contribution in [0.15, 0.2) is 47.6 Å². The first-order chi connectivity index (χ1) is 16.0. The third-order valence-electron chi connectivity index (χ3n) is 6.53. The second-order valence-electron chi connectivity index (χ2n) is 10.3. The zero-order valence-electron chi connectivity index (χ0n) is 22.2. The Hall–Kier alpha value is -2.72. The van der Waals surface area contributed by atoms with Crippen LogP contribution in [-0.4, -0.2) is 29.5 Å². The molecule has 1 aromatic heterocycles. The molecule has 0 fully saturated rings. The molecule has 34 heavy (non-hydrogen) atoms. The first kappa shape index (κ1) is 25.9. The fourth-order valence-corrected chi connectivity index (χ4v) is 5.07. The van der Waals surface area contributed by atoms with Crippen LogP contribution in [0.3, 0.4) is 0 Å². The highest BCUT2D eigenvalue weighted by Gasteiger charge is 2.27. The van der Waals surface area contributed by atoms with Gasteiger partial charge in [-0.2, -0.15) is 0 Å². The highest BCUT2D eigenvalue weighted by Crippen LogP contribution is 2.35. The molecule has 0 spiro atoms. The fourth-order valence-electron chi connectivity index (χ4n) is 5.07. The summed E-state index contributed by atoms with van der Waals surface area (Å²) < 4.78 is 5.78. The maximum absolute atomic E-state index is 12.4. The fraction of sp³-hybridized carbons (Fsp3) is 0.467. The van der Waals surface area contributed by atoms with Crippen LogP contribution in [0.5, 0.6) is 0 Å². The number of nitrogens with zero attached hydrogens (tertiary/aromatic N) is 1. The van der Waals surface area contributed by atoms with Gasteiger partial charge in [0.15, 0.2) is 5.78 Å². The molecule has 0 amide bonds. The molecule has 1 unspecified atom stereocenters. The lowest BCUT2D eigenvalue weighted by Crippen LogP contribution is -2.25. The van der Waals surface area contributed by atoms with Gasteiger partial charge in [-0.25, -0.2) is 4.98 Å². The van der Waals surface area contributed by atoms with Crippen molar-refractivity contribution in [3.63, 3.8) is 0 Å². The van der Waals surface area contributed by atoms with Crippen molar-refractivity contribution in [1.82, 2.24) is 4.98 Å². The lowest BCUT2D eigenvalue weighted by molar-refractivity contribution is -0.113. The summed E-state index contributed by atoms with van der Waals surface area (Å²) in [6.07, 6.45) is 5.16. The lowest BCUT2D eigenvalue weighted by atomic mass is 9.83. The summed E-state index contributed by atoms with van der Waals surface area (Å²) in [7, 11) is 1.69. The maximum atomic E-state index is 12.4. The van der Waals surface area contributed by atoms with Crippen molar-refractivity contribution in [3.8, 4) is 0 Å². The van der Waals surface area contributed by atoms with E-state index in [-0.39, 0.29) is 17.4 Å². The maximum Gasteiger partial charge on any atom is 0.156 e. The van der Waals surface area contributed by atoms with Crippen molar-refractivity contribution in [2.45, 2.75) is 85.8 Å². The molecule has 1 aromatic carbocycles. The number of aromatic nitrogens is 1. The number of benzene rings is 1. The Kier molecular flexibility index (Phi) is 7.82. The van der Waals surface area contributed by atoms with Gasteiger partial charge in [0, 0.05) is 29.3 Å². The number of carbonyl (C=O) groups is 1. The molecule has 4 nitrogen and oxygen atoms in total. The molecule has 2 aromatic rings. The first-order valence-electron chi connectivity index (χ1n) is 12.4. The van der Waals surface area contributed by atoms with E-state index in [1.807, 2.05) is 0 Å². The number of Topliss-reactive ketones (excluding diaryl/α,β-unsaturated/α-hetero) is 1. The molecule has 1 heterocycles. The number of ketones is 1. The molecule has 182 valence electrons. The van der Waals surface area contributed by atoms with Gasteiger partial charge < -0.3 is 10.1 Å². The second-order valence-corrected chi connectivity index (χ2v) is 10.3. The molecule has 1 atom stereocenters. The Morgan fingerprint density at radius 2 is 1.85 bits per heavy atom. The Labute approximate surface area is 205 Å². The number of methoxy groups -OCH3 is 1. The number of aryl methyl sites for hydroxylation is 1. The van der Waals surface area contributed by atoms with Crippen LogP contribution in [0.2, 0.25) is 0 Å². The zero-order chi connectivity index (χ0) is 25.2. The average Bonchev–Trinajstić information content (AvgIpc) is 2.76. The van der Waals surface area contributed by atoms with E-state index in [0.29, 0.717) is 6.42 Å².